The van der Waals surface area contributed by atoms with Crippen molar-refractivity contribution in [1.29, 1.82) is 0 Å². The summed E-state index contributed by atoms with van der Waals surface area (Å²) < 4.78 is 5.48. The van der Waals surface area contributed by atoms with E-state index in [1.54, 1.807) is 0 Å². The topological polar surface area (TPSA) is 75.7 Å². The van der Waals surface area contributed by atoms with Crippen LogP contribution in [0.15, 0.2) is 24.3 Å². The van der Waals surface area contributed by atoms with Crippen LogP contribution in [0.3, 0.4) is 0 Å². The molecule has 1 N–H and O–H groups in total. The molecule has 9 heteroatoms. The summed E-state index contributed by atoms with van der Waals surface area (Å²) in [5.74, 6) is -1.61. The van der Waals surface area contributed by atoms with Gasteiger partial charge in [0.15, 0.2) is 6.61 Å². The van der Waals surface area contributed by atoms with E-state index in [0.717, 1.165) is 28.2 Å². The molecule has 0 saturated carbocycles. The molecular weight excluding hydrogens is 411 g/mol. The number of rotatable bonds is 6. The second-order valence-corrected chi connectivity index (χ2v) is 8.16. The molecule has 0 unspecified atom stereocenters. The predicted molar refractivity (Wildman–Crippen MR) is 107 cm³/mol. The van der Waals surface area contributed by atoms with Gasteiger partial charge in [0.25, 0.3) is 5.91 Å². The summed E-state index contributed by atoms with van der Waals surface area (Å²) in [5.41, 5.74) is 2.68. The van der Waals surface area contributed by atoms with Crippen molar-refractivity contribution in [3.8, 4) is 0 Å². The number of ether oxygens (including phenoxy) is 1. The fraction of sp³-hybridized carbons (Fsp3) is 0.278. The molecule has 2 aromatic rings. The molecule has 0 bridgehead atoms. The highest BCUT2D eigenvalue weighted by atomic mass is 35.5. The van der Waals surface area contributed by atoms with E-state index in [0.29, 0.717) is 4.34 Å². The Labute approximate surface area is 171 Å². The number of carbonyl (C=O) groups is 3. The first-order valence-electron chi connectivity index (χ1n) is 7.91. The number of anilines is 1. The highest BCUT2D eigenvalue weighted by Crippen LogP contribution is 2.31. The number of amides is 2. The molecule has 1 heterocycles. The molecule has 0 aliphatic carbocycles. The van der Waals surface area contributed by atoms with Crippen LogP contribution in [0.25, 0.3) is 0 Å². The van der Waals surface area contributed by atoms with Crippen molar-refractivity contribution >= 4 is 58.0 Å². The lowest BCUT2D eigenvalue weighted by Gasteiger charge is -2.18. The van der Waals surface area contributed by atoms with E-state index in [-0.39, 0.29) is 22.4 Å². The van der Waals surface area contributed by atoms with Crippen LogP contribution in [-0.2, 0) is 14.3 Å². The van der Waals surface area contributed by atoms with Gasteiger partial charge in [-0.15, -0.1) is 11.3 Å². The van der Waals surface area contributed by atoms with E-state index in [1.165, 1.54) is 18.0 Å². The van der Waals surface area contributed by atoms with Crippen molar-refractivity contribution in [2.24, 2.45) is 0 Å². The quantitative estimate of drug-likeness (QED) is 0.707. The van der Waals surface area contributed by atoms with E-state index in [4.69, 9.17) is 27.9 Å². The maximum Gasteiger partial charge on any atom is 0.341 e. The van der Waals surface area contributed by atoms with E-state index in [9.17, 15) is 14.4 Å². The summed E-state index contributed by atoms with van der Waals surface area (Å²) >= 11 is 12.7. The number of para-hydroxylation sites is 1. The van der Waals surface area contributed by atoms with Crippen LogP contribution in [0.1, 0.15) is 21.5 Å². The smallest absolute Gasteiger partial charge is 0.341 e. The van der Waals surface area contributed by atoms with E-state index >= 15 is 0 Å². The molecular formula is C18H18Cl2N2O4S. The first-order valence-corrected chi connectivity index (χ1v) is 9.48. The Morgan fingerprint density at radius 1 is 1.19 bits per heavy atom. The molecule has 2 rings (SSSR count). The third-order valence-electron chi connectivity index (χ3n) is 3.76. The number of hydrogen-bond acceptors (Lipinski definition) is 5. The van der Waals surface area contributed by atoms with E-state index < -0.39 is 18.5 Å². The monoisotopic (exact) mass is 428 g/mol. The van der Waals surface area contributed by atoms with Crippen molar-refractivity contribution in [1.82, 2.24) is 4.90 Å². The molecule has 1 aromatic heterocycles. The summed E-state index contributed by atoms with van der Waals surface area (Å²) in [6, 6.07) is 7.05. The van der Waals surface area contributed by atoms with Gasteiger partial charge in [0, 0.05) is 12.7 Å². The number of halogens is 2. The molecule has 0 saturated heterocycles. The lowest BCUT2D eigenvalue weighted by atomic mass is 10.1. The van der Waals surface area contributed by atoms with Crippen LogP contribution in [0.4, 0.5) is 5.69 Å². The summed E-state index contributed by atoms with van der Waals surface area (Å²) in [6.07, 6.45) is 0. The number of carbonyl (C=O) groups excluding carboxylic acids is 3. The van der Waals surface area contributed by atoms with Crippen LogP contribution in [-0.4, -0.2) is 42.9 Å². The Balaban J connectivity index is 1.87. The second-order valence-electron chi connectivity index (χ2n) is 5.88. The maximum absolute atomic E-state index is 12.2. The van der Waals surface area contributed by atoms with Crippen LogP contribution in [0, 0.1) is 13.8 Å². The van der Waals surface area contributed by atoms with Gasteiger partial charge in [-0.25, -0.2) is 4.79 Å². The lowest BCUT2D eigenvalue weighted by Crippen LogP contribution is -2.37. The van der Waals surface area contributed by atoms with Gasteiger partial charge in [-0.1, -0.05) is 41.4 Å². The van der Waals surface area contributed by atoms with Crippen LogP contribution < -0.4 is 5.32 Å². The molecule has 1 aromatic carbocycles. The molecule has 0 fully saturated rings. The third kappa shape index (κ3) is 5.69. The fourth-order valence-corrected chi connectivity index (χ4v) is 3.73. The first kappa shape index (κ1) is 21.2. The molecule has 0 aliphatic rings. The van der Waals surface area contributed by atoms with E-state index in [2.05, 4.69) is 5.32 Å². The van der Waals surface area contributed by atoms with Gasteiger partial charge in [0.2, 0.25) is 5.91 Å². The fourth-order valence-electron chi connectivity index (χ4n) is 2.29. The number of thiophene rings is 1. The molecule has 0 atom stereocenters. The normalized spacial score (nSPS) is 10.4. The minimum atomic E-state index is -0.745. The third-order valence-corrected chi connectivity index (χ3v) is 5.24. The van der Waals surface area contributed by atoms with Crippen molar-refractivity contribution in [2.45, 2.75) is 13.8 Å². The largest absolute Gasteiger partial charge is 0.452 e. The average Bonchev–Trinajstić information content (AvgIpc) is 2.94. The molecule has 2 amide bonds. The number of esters is 1. The summed E-state index contributed by atoms with van der Waals surface area (Å²) in [6.45, 7) is 3.10. The first-order chi connectivity index (χ1) is 12.7. The van der Waals surface area contributed by atoms with Gasteiger partial charge in [0.05, 0.1) is 16.4 Å². The van der Waals surface area contributed by atoms with Gasteiger partial charge in [-0.05, 0) is 31.0 Å². The summed E-state index contributed by atoms with van der Waals surface area (Å²) in [4.78, 5) is 37.4. The van der Waals surface area contributed by atoms with Crippen molar-refractivity contribution in [3.63, 3.8) is 0 Å². The molecule has 27 heavy (non-hydrogen) atoms. The summed E-state index contributed by atoms with van der Waals surface area (Å²) in [5, 5.41) is 2.79. The number of hydrogen-bond donors (Lipinski definition) is 1. The zero-order valence-electron chi connectivity index (χ0n) is 15.0. The van der Waals surface area contributed by atoms with Crippen LogP contribution in [0.2, 0.25) is 8.67 Å². The zero-order chi connectivity index (χ0) is 20.1. The number of benzene rings is 1. The van der Waals surface area contributed by atoms with Crippen molar-refractivity contribution in [3.05, 3.63) is 49.6 Å². The van der Waals surface area contributed by atoms with Gasteiger partial charge in [-0.2, -0.15) is 0 Å². The predicted octanol–water partition coefficient (Wildman–Crippen LogP) is 3.93. The number of nitrogens with one attached hydrogen (secondary N) is 1. The summed E-state index contributed by atoms with van der Waals surface area (Å²) in [7, 11) is 1.45. The van der Waals surface area contributed by atoms with Crippen LogP contribution in [0.5, 0.6) is 0 Å². The highest BCUT2D eigenvalue weighted by molar-refractivity contribution is 7.20. The Bertz CT molecular complexity index is 862. The average molecular weight is 429 g/mol. The number of aryl methyl sites for hydroxylation is 2. The van der Waals surface area contributed by atoms with Crippen molar-refractivity contribution < 1.29 is 19.1 Å². The lowest BCUT2D eigenvalue weighted by molar-refractivity contribution is -0.136. The molecule has 6 nitrogen and oxygen atoms in total. The molecule has 0 aliphatic heterocycles. The minimum absolute atomic E-state index is 0.106. The van der Waals surface area contributed by atoms with Gasteiger partial charge in [-0.3, -0.25) is 9.59 Å². The van der Waals surface area contributed by atoms with Crippen molar-refractivity contribution in [2.75, 3.05) is 25.5 Å². The molecule has 0 spiro atoms. The standard InChI is InChI=1S/C18H18Cl2N2O4S/c1-10-5-4-6-11(2)16(10)21-14(23)8-22(3)15(24)9-26-18(25)12-7-13(19)27-17(12)20/h4-7H,8-9H2,1-3H3,(H,21,23). The Kier molecular flexibility index (Phi) is 7.24. The van der Waals surface area contributed by atoms with Gasteiger partial charge in [0.1, 0.15) is 4.34 Å². The SMILES string of the molecule is Cc1cccc(C)c1NC(=O)CN(C)C(=O)COC(=O)c1cc(Cl)sc1Cl. The van der Waals surface area contributed by atoms with E-state index in [1.807, 2.05) is 32.0 Å². The Morgan fingerprint density at radius 2 is 1.81 bits per heavy atom. The zero-order valence-corrected chi connectivity index (χ0v) is 17.3. The molecule has 144 valence electrons. The number of nitrogens with zero attached hydrogens (tertiary/aromatic N) is 1. The minimum Gasteiger partial charge on any atom is -0.452 e. The number of likely N-dealkylation sites (N-methyl/N-ethyl adjacent to an activating group) is 1. The van der Waals surface area contributed by atoms with Gasteiger partial charge < -0.3 is 15.0 Å². The maximum atomic E-state index is 12.2. The van der Waals surface area contributed by atoms with Crippen LogP contribution >= 0.6 is 34.5 Å². The highest BCUT2D eigenvalue weighted by Gasteiger charge is 2.19. The molecule has 0 radical (unpaired) electrons. The second kappa shape index (κ2) is 9.21. The van der Waals surface area contributed by atoms with Gasteiger partial charge >= 0.3 is 5.97 Å². The Hall–Kier alpha value is -2.09. The Morgan fingerprint density at radius 3 is 2.37 bits per heavy atom.